The lowest BCUT2D eigenvalue weighted by molar-refractivity contribution is -0.193. The highest BCUT2D eigenvalue weighted by Gasteiger charge is 2.38. The van der Waals surface area contributed by atoms with Crippen LogP contribution in [0.3, 0.4) is 0 Å². The normalized spacial score (nSPS) is 21.9. The standard InChI is InChI=1S/C18H25ClN4.2C2HF3O2/c19-16-10-15(8-7-13(16)11-20)23-9-3-4-14(12-23)22-18-6-2-1-5-17(18)21;2*3-2(4,5)1(6)7/h7-8,10,14,17-18,22H,1-6,9,12,21H2;2*(H,6,7)/t14?,17-,18-;;/m1../s1. The van der Waals surface area contributed by atoms with E-state index in [1.54, 1.807) is 0 Å². The first-order valence-electron chi connectivity index (χ1n) is 11.1. The van der Waals surface area contributed by atoms with Gasteiger partial charge >= 0.3 is 24.3 Å². The Morgan fingerprint density at radius 2 is 1.57 bits per heavy atom. The zero-order valence-electron chi connectivity index (χ0n) is 19.4. The van der Waals surface area contributed by atoms with Gasteiger partial charge in [0.1, 0.15) is 6.07 Å². The van der Waals surface area contributed by atoms with Gasteiger partial charge in [0.25, 0.3) is 0 Å². The number of nitrogens with one attached hydrogen (secondary N) is 1. The molecule has 1 aromatic carbocycles. The molecule has 0 amide bonds. The van der Waals surface area contributed by atoms with Gasteiger partial charge < -0.3 is 26.2 Å². The Morgan fingerprint density at radius 1 is 1.03 bits per heavy atom. The number of alkyl halides is 6. The van der Waals surface area contributed by atoms with Gasteiger partial charge in [0.2, 0.25) is 0 Å². The van der Waals surface area contributed by atoms with Crippen LogP contribution >= 0.6 is 11.6 Å². The van der Waals surface area contributed by atoms with E-state index < -0.39 is 24.3 Å². The molecule has 208 valence electrons. The van der Waals surface area contributed by atoms with Gasteiger partial charge in [0, 0.05) is 36.9 Å². The van der Waals surface area contributed by atoms with Crippen LogP contribution in [0.15, 0.2) is 18.2 Å². The summed E-state index contributed by atoms with van der Waals surface area (Å²) in [7, 11) is 0. The van der Waals surface area contributed by atoms with Gasteiger partial charge in [-0.25, -0.2) is 9.59 Å². The molecule has 3 rings (SSSR count). The molecule has 1 unspecified atom stereocenters. The number of piperidine rings is 1. The summed E-state index contributed by atoms with van der Waals surface area (Å²) in [6, 6.07) is 9.07. The largest absolute Gasteiger partial charge is 0.490 e. The van der Waals surface area contributed by atoms with Crippen LogP contribution in [-0.2, 0) is 9.59 Å². The third kappa shape index (κ3) is 11.4. The first-order chi connectivity index (χ1) is 17.1. The van der Waals surface area contributed by atoms with E-state index in [0.29, 0.717) is 28.7 Å². The van der Waals surface area contributed by atoms with Crippen molar-refractivity contribution in [2.45, 2.75) is 69.0 Å². The zero-order chi connectivity index (χ0) is 28.4. The fraction of sp³-hybridized carbons (Fsp3) is 0.591. The second-order valence-corrected chi connectivity index (χ2v) is 8.80. The van der Waals surface area contributed by atoms with Crippen molar-refractivity contribution in [1.29, 1.82) is 5.26 Å². The minimum atomic E-state index is -5.08. The molecule has 15 heteroatoms. The number of hydrogen-bond acceptors (Lipinski definition) is 6. The maximum Gasteiger partial charge on any atom is 0.490 e. The molecule has 37 heavy (non-hydrogen) atoms. The third-order valence-corrected chi connectivity index (χ3v) is 5.93. The van der Waals surface area contributed by atoms with Crippen LogP contribution in [-0.4, -0.2) is 65.7 Å². The zero-order valence-corrected chi connectivity index (χ0v) is 20.2. The highest BCUT2D eigenvalue weighted by Crippen LogP contribution is 2.26. The Hall–Kier alpha value is -2.76. The predicted octanol–water partition coefficient (Wildman–Crippen LogP) is 4.31. The Kier molecular flexibility index (Phi) is 12.4. The Morgan fingerprint density at radius 3 is 2.03 bits per heavy atom. The summed E-state index contributed by atoms with van der Waals surface area (Å²) in [6.45, 7) is 2.02. The number of nitrogens with zero attached hydrogens (tertiary/aromatic N) is 2. The van der Waals surface area contributed by atoms with Gasteiger partial charge in [0.15, 0.2) is 0 Å². The highest BCUT2D eigenvalue weighted by molar-refractivity contribution is 6.32. The van der Waals surface area contributed by atoms with Crippen molar-refractivity contribution in [3.63, 3.8) is 0 Å². The molecular weight excluding hydrogens is 534 g/mol. The first kappa shape index (κ1) is 32.3. The average molecular weight is 561 g/mol. The molecule has 0 aromatic heterocycles. The van der Waals surface area contributed by atoms with E-state index in [0.717, 1.165) is 31.6 Å². The summed E-state index contributed by atoms with van der Waals surface area (Å²) in [6.07, 6.45) is -2.92. The number of anilines is 1. The fourth-order valence-electron chi connectivity index (χ4n) is 3.81. The summed E-state index contributed by atoms with van der Waals surface area (Å²) >= 11 is 6.18. The molecular formula is C22H27ClF6N4O4. The van der Waals surface area contributed by atoms with Gasteiger partial charge in [-0.1, -0.05) is 24.4 Å². The lowest BCUT2D eigenvalue weighted by atomic mass is 9.89. The lowest BCUT2D eigenvalue weighted by Crippen LogP contribution is -2.55. The monoisotopic (exact) mass is 560 g/mol. The van der Waals surface area contributed by atoms with Crippen LogP contribution in [0, 0.1) is 11.3 Å². The lowest BCUT2D eigenvalue weighted by Gasteiger charge is -2.39. The highest BCUT2D eigenvalue weighted by atomic mass is 35.5. The van der Waals surface area contributed by atoms with Gasteiger partial charge in [0.05, 0.1) is 10.6 Å². The minimum absolute atomic E-state index is 0.295. The molecule has 1 aliphatic carbocycles. The van der Waals surface area contributed by atoms with Crippen LogP contribution in [0.5, 0.6) is 0 Å². The number of rotatable bonds is 3. The number of carboxylic acid groups (broad SMARTS) is 2. The van der Waals surface area contributed by atoms with E-state index in [1.165, 1.54) is 25.7 Å². The summed E-state index contributed by atoms with van der Waals surface area (Å²) in [4.78, 5) is 20.2. The van der Waals surface area contributed by atoms with E-state index in [2.05, 4.69) is 16.3 Å². The maximum atomic E-state index is 10.6. The Balaban J connectivity index is 0.000000404. The van der Waals surface area contributed by atoms with Gasteiger partial charge in [-0.3, -0.25) is 0 Å². The Labute approximate surface area is 214 Å². The number of carboxylic acids is 2. The Bertz CT molecular complexity index is 931. The molecule has 1 saturated heterocycles. The van der Waals surface area contributed by atoms with Crippen LogP contribution < -0.4 is 16.0 Å². The third-order valence-electron chi connectivity index (χ3n) is 5.61. The number of halogens is 7. The number of nitriles is 1. The second-order valence-electron chi connectivity index (χ2n) is 8.39. The summed E-state index contributed by atoms with van der Waals surface area (Å²) in [5, 5.41) is 27.6. The molecule has 5 N–H and O–H groups in total. The molecule has 0 bridgehead atoms. The molecule has 1 aromatic rings. The summed E-state index contributed by atoms with van der Waals surface area (Å²) < 4.78 is 63.5. The van der Waals surface area contributed by atoms with E-state index >= 15 is 0 Å². The number of hydrogen-bond donors (Lipinski definition) is 4. The van der Waals surface area contributed by atoms with Crippen molar-refractivity contribution in [3.8, 4) is 6.07 Å². The van der Waals surface area contributed by atoms with Crippen molar-refractivity contribution in [1.82, 2.24) is 5.32 Å². The number of nitrogens with two attached hydrogens (primary N) is 1. The van der Waals surface area contributed by atoms with Crippen LogP contribution in [0.1, 0.15) is 44.1 Å². The molecule has 1 heterocycles. The van der Waals surface area contributed by atoms with E-state index in [1.807, 2.05) is 18.2 Å². The van der Waals surface area contributed by atoms with Crippen molar-refractivity contribution >= 4 is 29.2 Å². The number of benzene rings is 1. The maximum absolute atomic E-state index is 10.6. The van der Waals surface area contributed by atoms with Crippen molar-refractivity contribution in [3.05, 3.63) is 28.8 Å². The van der Waals surface area contributed by atoms with Crippen LogP contribution in [0.4, 0.5) is 32.0 Å². The molecule has 0 spiro atoms. The van der Waals surface area contributed by atoms with E-state index in [9.17, 15) is 26.3 Å². The number of carbonyl (C=O) groups is 2. The average Bonchev–Trinajstić information content (AvgIpc) is 2.80. The smallest absolute Gasteiger partial charge is 0.475 e. The van der Waals surface area contributed by atoms with Gasteiger partial charge in [-0.05, 0) is 43.9 Å². The molecule has 2 aliphatic rings. The van der Waals surface area contributed by atoms with Gasteiger partial charge in [-0.15, -0.1) is 0 Å². The van der Waals surface area contributed by atoms with Crippen molar-refractivity contribution in [2.75, 3.05) is 18.0 Å². The van der Waals surface area contributed by atoms with Crippen LogP contribution in [0.2, 0.25) is 5.02 Å². The second kappa shape index (κ2) is 14.3. The fourth-order valence-corrected chi connectivity index (χ4v) is 4.03. The summed E-state index contributed by atoms with van der Waals surface area (Å²) in [5.74, 6) is -5.51. The molecule has 2 fully saturated rings. The molecule has 0 radical (unpaired) electrons. The molecule has 8 nitrogen and oxygen atoms in total. The topological polar surface area (TPSA) is 140 Å². The van der Waals surface area contributed by atoms with Crippen LogP contribution in [0.25, 0.3) is 0 Å². The molecule has 1 saturated carbocycles. The van der Waals surface area contributed by atoms with E-state index in [4.69, 9.17) is 42.4 Å². The van der Waals surface area contributed by atoms with Crippen molar-refractivity contribution in [2.24, 2.45) is 5.73 Å². The molecule has 3 atom stereocenters. The predicted molar refractivity (Wildman–Crippen MR) is 122 cm³/mol. The van der Waals surface area contributed by atoms with Crippen molar-refractivity contribution < 1.29 is 46.1 Å². The summed E-state index contributed by atoms with van der Waals surface area (Å²) in [5.41, 5.74) is 7.91. The first-order valence-corrected chi connectivity index (χ1v) is 11.5. The van der Waals surface area contributed by atoms with Gasteiger partial charge in [-0.2, -0.15) is 31.6 Å². The number of aliphatic carboxylic acids is 2. The van der Waals surface area contributed by atoms with E-state index in [-0.39, 0.29) is 0 Å². The molecule has 1 aliphatic heterocycles. The quantitative estimate of drug-likeness (QED) is 0.401. The SMILES string of the molecule is N#Cc1ccc(N2CCCC(N[C@@H]3CCCC[C@H]3N)C2)cc1Cl.O=C(O)C(F)(F)F.O=C(O)C(F)(F)F. The minimum Gasteiger partial charge on any atom is -0.475 e.